The second-order valence-corrected chi connectivity index (χ2v) is 3.49. The Kier molecular flexibility index (Phi) is 1.65. The second kappa shape index (κ2) is 2.17. The molecular weight excluding hydrogens is 108 g/mol. The number of hydrogen-bond acceptors (Lipinski definition) is 0. The molecule has 0 spiro atoms. The summed E-state index contributed by atoms with van der Waals surface area (Å²) in [6.45, 7) is 9.09. The number of rotatable bonds is 0. The van der Waals surface area contributed by atoms with E-state index in [2.05, 4.69) is 27.7 Å². The van der Waals surface area contributed by atoms with E-state index in [9.17, 15) is 0 Å². The van der Waals surface area contributed by atoms with Gasteiger partial charge in [-0.05, 0) is 32.1 Å². The maximum atomic E-state index is 2.32. The van der Waals surface area contributed by atoms with E-state index >= 15 is 0 Å². The van der Waals surface area contributed by atoms with Crippen LogP contribution in [0.5, 0.6) is 0 Å². The minimum atomic E-state index is 0.880. The molecule has 0 aromatic rings. The van der Waals surface area contributed by atoms with Gasteiger partial charge in [-0.15, -0.1) is 0 Å². The van der Waals surface area contributed by atoms with Crippen molar-refractivity contribution in [2.45, 2.75) is 34.1 Å². The van der Waals surface area contributed by atoms with Crippen LogP contribution in [0.15, 0.2) is 11.1 Å². The lowest BCUT2D eigenvalue weighted by molar-refractivity contribution is 0.356. The highest BCUT2D eigenvalue weighted by Gasteiger charge is 2.28. The molecular formula is C9H16. The zero-order valence-corrected chi connectivity index (χ0v) is 6.86. The average molecular weight is 124 g/mol. The van der Waals surface area contributed by atoms with Crippen molar-refractivity contribution in [2.75, 3.05) is 0 Å². The highest BCUT2D eigenvalue weighted by Crippen LogP contribution is 2.40. The van der Waals surface area contributed by atoms with Gasteiger partial charge in [-0.1, -0.05) is 25.0 Å². The van der Waals surface area contributed by atoms with Crippen LogP contribution in [0, 0.1) is 11.8 Å². The van der Waals surface area contributed by atoms with Crippen LogP contribution in [0.1, 0.15) is 34.1 Å². The fraction of sp³-hybridized carbons (Fsp3) is 0.778. The van der Waals surface area contributed by atoms with Gasteiger partial charge >= 0.3 is 0 Å². The molecule has 0 amide bonds. The third-order valence-electron chi connectivity index (χ3n) is 2.35. The van der Waals surface area contributed by atoms with Crippen molar-refractivity contribution >= 4 is 0 Å². The lowest BCUT2D eigenvalue weighted by Gasteiger charge is -2.35. The molecule has 1 fully saturated rings. The molecule has 1 rings (SSSR count). The predicted molar refractivity (Wildman–Crippen MR) is 41.3 cm³/mol. The monoisotopic (exact) mass is 124 g/mol. The van der Waals surface area contributed by atoms with Gasteiger partial charge in [-0.3, -0.25) is 0 Å². The van der Waals surface area contributed by atoms with Crippen molar-refractivity contribution in [3.8, 4) is 0 Å². The molecule has 1 saturated carbocycles. The van der Waals surface area contributed by atoms with E-state index in [0.29, 0.717) is 0 Å². The fourth-order valence-electron chi connectivity index (χ4n) is 2.10. The molecule has 2 unspecified atom stereocenters. The van der Waals surface area contributed by atoms with Crippen molar-refractivity contribution in [1.82, 2.24) is 0 Å². The molecule has 0 heteroatoms. The van der Waals surface area contributed by atoms with E-state index in [-0.39, 0.29) is 0 Å². The van der Waals surface area contributed by atoms with E-state index in [1.807, 2.05) is 0 Å². The van der Waals surface area contributed by atoms with Crippen LogP contribution in [-0.4, -0.2) is 0 Å². The van der Waals surface area contributed by atoms with Crippen LogP contribution < -0.4 is 0 Å². The van der Waals surface area contributed by atoms with Crippen LogP contribution >= 0.6 is 0 Å². The van der Waals surface area contributed by atoms with Crippen LogP contribution in [0.3, 0.4) is 0 Å². The standard InChI is InChI=1S/C9H16/c1-6(2)9-7(3)5-8(9)4/h7-8H,5H2,1-4H3. The van der Waals surface area contributed by atoms with Gasteiger partial charge in [0, 0.05) is 0 Å². The quantitative estimate of drug-likeness (QED) is 0.435. The van der Waals surface area contributed by atoms with E-state index in [1.165, 1.54) is 6.42 Å². The van der Waals surface area contributed by atoms with E-state index in [4.69, 9.17) is 0 Å². The third-order valence-corrected chi connectivity index (χ3v) is 2.35. The van der Waals surface area contributed by atoms with Crippen molar-refractivity contribution in [3.63, 3.8) is 0 Å². The molecule has 2 atom stereocenters. The minimum Gasteiger partial charge on any atom is -0.0767 e. The summed E-state index contributed by atoms with van der Waals surface area (Å²) in [5.41, 5.74) is 3.25. The molecule has 52 valence electrons. The van der Waals surface area contributed by atoms with Crippen LogP contribution in [-0.2, 0) is 0 Å². The van der Waals surface area contributed by atoms with Gasteiger partial charge in [0.05, 0.1) is 0 Å². The zero-order valence-electron chi connectivity index (χ0n) is 6.86. The Bertz CT molecular complexity index is 128. The van der Waals surface area contributed by atoms with Gasteiger partial charge in [-0.25, -0.2) is 0 Å². The first-order chi connectivity index (χ1) is 4.13. The maximum Gasteiger partial charge on any atom is -0.0221 e. The van der Waals surface area contributed by atoms with Crippen LogP contribution in [0.4, 0.5) is 0 Å². The van der Waals surface area contributed by atoms with Gasteiger partial charge in [-0.2, -0.15) is 0 Å². The van der Waals surface area contributed by atoms with Gasteiger partial charge in [0.2, 0.25) is 0 Å². The molecule has 0 nitrogen and oxygen atoms in total. The summed E-state index contributed by atoms with van der Waals surface area (Å²) in [6, 6.07) is 0. The molecule has 0 aliphatic heterocycles. The maximum absolute atomic E-state index is 2.32. The molecule has 0 aromatic carbocycles. The molecule has 0 aromatic heterocycles. The SMILES string of the molecule is CC(C)=C1C(C)CC1C. The Balaban J connectivity index is 2.70. The minimum absolute atomic E-state index is 0.880. The molecule has 0 heterocycles. The molecule has 1 aliphatic rings. The van der Waals surface area contributed by atoms with Gasteiger partial charge < -0.3 is 0 Å². The first kappa shape index (κ1) is 6.85. The Morgan fingerprint density at radius 1 is 1.22 bits per heavy atom. The molecule has 0 saturated heterocycles. The highest BCUT2D eigenvalue weighted by molar-refractivity contribution is 5.22. The molecule has 0 N–H and O–H groups in total. The van der Waals surface area contributed by atoms with Crippen molar-refractivity contribution in [1.29, 1.82) is 0 Å². The van der Waals surface area contributed by atoms with Crippen molar-refractivity contribution in [3.05, 3.63) is 11.1 Å². The van der Waals surface area contributed by atoms with E-state index in [0.717, 1.165) is 11.8 Å². The predicted octanol–water partition coefficient (Wildman–Crippen LogP) is 3.00. The number of hydrogen-bond donors (Lipinski definition) is 0. The van der Waals surface area contributed by atoms with E-state index < -0.39 is 0 Å². The van der Waals surface area contributed by atoms with Gasteiger partial charge in [0.15, 0.2) is 0 Å². The smallest absolute Gasteiger partial charge is 0.0221 e. The Hall–Kier alpha value is -0.260. The normalized spacial score (nSPS) is 34.0. The lowest BCUT2D eigenvalue weighted by Crippen LogP contribution is -2.23. The summed E-state index contributed by atoms with van der Waals surface area (Å²) < 4.78 is 0. The summed E-state index contributed by atoms with van der Waals surface area (Å²) in [5.74, 6) is 1.76. The van der Waals surface area contributed by atoms with Crippen LogP contribution in [0.2, 0.25) is 0 Å². The third kappa shape index (κ3) is 1.03. The molecule has 1 aliphatic carbocycles. The van der Waals surface area contributed by atoms with Gasteiger partial charge in [0.25, 0.3) is 0 Å². The lowest BCUT2D eigenvalue weighted by atomic mass is 9.70. The number of allylic oxidation sites excluding steroid dienone is 2. The van der Waals surface area contributed by atoms with Crippen LogP contribution in [0.25, 0.3) is 0 Å². The summed E-state index contributed by atoms with van der Waals surface area (Å²) in [6.07, 6.45) is 1.40. The summed E-state index contributed by atoms with van der Waals surface area (Å²) in [7, 11) is 0. The topological polar surface area (TPSA) is 0 Å². The summed E-state index contributed by atoms with van der Waals surface area (Å²) >= 11 is 0. The molecule has 0 bridgehead atoms. The summed E-state index contributed by atoms with van der Waals surface area (Å²) in [5, 5.41) is 0. The largest absolute Gasteiger partial charge is 0.0767 e. The Morgan fingerprint density at radius 2 is 1.67 bits per heavy atom. The average Bonchev–Trinajstić information content (AvgIpc) is 1.62. The van der Waals surface area contributed by atoms with Crippen molar-refractivity contribution in [2.24, 2.45) is 11.8 Å². The second-order valence-electron chi connectivity index (χ2n) is 3.49. The van der Waals surface area contributed by atoms with E-state index in [1.54, 1.807) is 11.1 Å². The molecule has 0 radical (unpaired) electrons. The summed E-state index contributed by atoms with van der Waals surface area (Å²) in [4.78, 5) is 0. The Labute approximate surface area is 58.0 Å². The molecule has 9 heavy (non-hydrogen) atoms. The Morgan fingerprint density at radius 3 is 1.78 bits per heavy atom. The zero-order chi connectivity index (χ0) is 7.02. The first-order valence-electron chi connectivity index (χ1n) is 3.80. The van der Waals surface area contributed by atoms with Gasteiger partial charge in [0.1, 0.15) is 0 Å². The fourth-order valence-corrected chi connectivity index (χ4v) is 2.10. The highest BCUT2D eigenvalue weighted by atomic mass is 14.3. The van der Waals surface area contributed by atoms with Crippen molar-refractivity contribution < 1.29 is 0 Å². The first-order valence-corrected chi connectivity index (χ1v) is 3.80.